The summed E-state index contributed by atoms with van der Waals surface area (Å²) in [6.45, 7) is 7.55. The van der Waals surface area contributed by atoms with Crippen LogP contribution in [0.3, 0.4) is 0 Å². The van der Waals surface area contributed by atoms with E-state index in [9.17, 15) is 9.18 Å². The highest BCUT2D eigenvalue weighted by Crippen LogP contribution is 2.25. The smallest absolute Gasteiger partial charge is 0.228 e. The summed E-state index contributed by atoms with van der Waals surface area (Å²) in [5, 5.41) is 3.04. The maximum absolute atomic E-state index is 14.7. The molecule has 0 bridgehead atoms. The lowest BCUT2D eigenvalue weighted by Crippen LogP contribution is -2.34. The van der Waals surface area contributed by atoms with Crippen molar-refractivity contribution in [2.45, 2.75) is 111 Å². The molecule has 4 nitrogen and oxygen atoms in total. The molecule has 5 heteroatoms. The highest BCUT2D eigenvalue weighted by atomic mass is 19.1. The van der Waals surface area contributed by atoms with Crippen LogP contribution in [0.4, 0.5) is 10.1 Å². The normalized spacial score (nSPS) is 11.0. The lowest BCUT2D eigenvalue weighted by molar-refractivity contribution is -0.688. The predicted molar refractivity (Wildman–Crippen MR) is 167 cm³/mol. The Morgan fingerprint density at radius 3 is 2.10 bits per heavy atom. The summed E-state index contributed by atoms with van der Waals surface area (Å²) in [4.78, 5) is 13.0. The first-order valence-corrected chi connectivity index (χ1v) is 15.7. The molecule has 1 amide bonds. The Hall–Kier alpha value is -3.21. The first-order valence-electron chi connectivity index (χ1n) is 15.7. The van der Waals surface area contributed by atoms with Crippen LogP contribution in [0.5, 0.6) is 5.75 Å². The van der Waals surface area contributed by atoms with E-state index in [-0.39, 0.29) is 18.1 Å². The van der Waals surface area contributed by atoms with Crippen molar-refractivity contribution in [2.75, 3.05) is 11.9 Å². The summed E-state index contributed by atoms with van der Waals surface area (Å²) in [7, 11) is 0. The summed E-state index contributed by atoms with van der Waals surface area (Å²) in [5.74, 6) is -0.408. The molecule has 0 spiro atoms. The van der Waals surface area contributed by atoms with Crippen molar-refractivity contribution in [1.29, 1.82) is 0 Å². The number of nitrogens with zero attached hydrogens (tertiary/aromatic N) is 1. The van der Waals surface area contributed by atoms with E-state index in [0.717, 1.165) is 24.1 Å². The minimum atomic E-state index is -0.416. The third-order valence-electron chi connectivity index (χ3n) is 7.79. The van der Waals surface area contributed by atoms with Crippen LogP contribution in [-0.2, 0) is 17.8 Å². The van der Waals surface area contributed by atoms with Gasteiger partial charge in [-0.3, -0.25) is 4.79 Å². The lowest BCUT2D eigenvalue weighted by atomic mass is 10.1. The number of aromatic nitrogens is 1. The number of rotatable bonds is 19. The van der Waals surface area contributed by atoms with Gasteiger partial charge < -0.3 is 10.1 Å². The average molecular weight is 562 g/mol. The fourth-order valence-electron chi connectivity index (χ4n) is 5.15. The SMILES string of the molecule is CCCCCCCCCCCCCCOc1c(F)cccc1CC(=O)Nc1ccccc1C[n+]1ccc(C)c(C)c1. The maximum Gasteiger partial charge on any atom is 0.228 e. The number of aryl methyl sites for hydroxylation is 2. The van der Waals surface area contributed by atoms with Crippen LogP contribution in [-0.4, -0.2) is 12.5 Å². The molecule has 1 aromatic heterocycles. The van der Waals surface area contributed by atoms with Crippen LogP contribution in [0.25, 0.3) is 0 Å². The van der Waals surface area contributed by atoms with Gasteiger partial charge in [0.2, 0.25) is 5.91 Å². The Bertz CT molecular complexity index is 1210. The van der Waals surface area contributed by atoms with Crippen molar-refractivity contribution in [3.8, 4) is 5.75 Å². The second-order valence-electron chi connectivity index (χ2n) is 11.3. The number of pyridine rings is 1. The van der Waals surface area contributed by atoms with Crippen LogP contribution in [0.1, 0.15) is 106 Å². The van der Waals surface area contributed by atoms with Crippen LogP contribution < -0.4 is 14.6 Å². The lowest BCUT2D eigenvalue weighted by Gasteiger charge is -2.14. The van der Waals surface area contributed by atoms with Crippen molar-refractivity contribution in [2.24, 2.45) is 0 Å². The van der Waals surface area contributed by atoms with Gasteiger partial charge in [0.1, 0.15) is 0 Å². The van der Waals surface area contributed by atoms with Crippen LogP contribution in [0.15, 0.2) is 60.9 Å². The fourth-order valence-corrected chi connectivity index (χ4v) is 5.15. The van der Waals surface area contributed by atoms with Crippen molar-refractivity contribution in [1.82, 2.24) is 0 Å². The molecule has 1 heterocycles. The first kappa shape index (κ1) is 32.3. The number of nitrogens with one attached hydrogen (secondary N) is 1. The quantitative estimate of drug-likeness (QED) is 0.117. The highest BCUT2D eigenvalue weighted by molar-refractivity contribution is 5.93. The Morgan fingerprint density at radius 2 is 1.41 bits per heavy atom. The van der Waals surface area contributed by atoms with E-state index in [1.807, 2.05) is 30.5 Å². The molecular weight excluding hydrogens is 511 g/mol. The summed E-state index contributed by atoms with van der Waals surface area (Å²) < 4.78 is 22.7. The van der Waals surface area contributed by atoms with E-state index < -0.39 is 5.82 Å². The Balaban J connectivity index is 1.43. The van der Waals surface area contributed by atoms with Gasteiger partial charge in [0.15, 0.2) is 30.5 Å². The molecule has 3 rings (SSSR count). The highest BCUT2D eigenvalue weighted by Gasteiger charge is 2.16. The van der Waals surface area contributed by atoms with E-state index in [2.05, 4.69) is 42.9 Å². The fraction of sp³-hybridized carbons (Fsp3) is 0.500. The number of carbonyl (C=O) groups is 1. The number of halogens is 1. The Kier molecular flexibility index (Phi) is 14.4. The maximum atomic E-state index is 14.7. The van der Waals surface area contributed by atoms with Gasteiger partial charge in [0, 0.05) is 22.8 Å². The second kappa shape index (κ2) is 18.3. The third-order valence-corrected chi connectivity index (χ3v) is 7.79. The molecule has 0 saturated carbocycles. The van der Waals surface area contributed by atoms with Crippen LogP contribution >= 0.6 is 0 Å². The third kappa shape index (κ3) is 11.7. The number of anilines is 1. The van der Waals surface area contributed by atoms with E-state index in [1.54, 1.807) is 12.1 Å². The number of hydrogen-bond donors (Lipinski definition) is 1. The van der Waals surface area contributed by atoms with E-state index in [1.165, 1.54) is 81.4 Å². The number of amides is 1. The second-order valence-corrected chi connectivity index (χ2v) is 11.3. The zero-order valence-corrected chi connectivity index (χ0v) is 25.5. The standard InChI is InChI=1S/C36H49FN2O2/c1-4-5-6-7-8-9-10-11-12-13-14-17-25-41-36-31(20-18-21-33(36)37)26-35(40)38-34-22-16-15-19-32(34)28-39-24-23-29(2)30(3)27-39/h15-16,18-24,27H,4-14,17,25-26,28H2,1-3H3/p+1. The summed E-state index contributed by atoms with van der Waals surface area (Å²) in [5.41, 5.74) is 4.81. The van der Waals surface area contributed by atoms with E-state index in [4.69, 9.17) is 4.74 Å². The van der Waals surface area contributed by atoms with Gasteiger partial charge in [-0.15, -0.1) is 0 Å². The largest absolute Gasteiger partial charge is 0.490 e. The van der Waals surface area contributed by atoms with Crippen molar-refractivity contribution < 1.29 is 18.5 Å². The van der Waals surface area contributed by atoms with Crippen LogP contribution in [0.2, 0.25) is 0 Å². The van der Waals surface area contributed by atoms with Gasteiger partial charge in [-0.25, -0.2) is 8.96 Å². The molecule has 0 aliphatic heterocycles. The zero-order chi connectivity index (χ0) is 29.3. The first-order chi connectivity index (χ1) is 20.0. The van der Waals surface area contributed by atoms with Gasteiger partial charge >= 0.3 is 0 Å². The molecular formula is C36H50FN2O2+. The number of benzene rings is 2. The number of ether oxygens (including phenoxy) is 1. The molecule has 0 aliphatic carbocycles. The molecule has 3 aromatic rings. The summed E-state index contributed by atoms with van der Waals surface area (Å²) in [6.07, 6.45) is 19.4. The minimum absolute atomic E-state index is 0.0522. The number of carbonyl (C=O) groups excluding carboxylic acids is 1. The molecule has 0 aliphatic rings. The predicted octanol–water partition coefficient (Wildman–Crippen LogP) is 9.04. The number of para-hydroxylation sites is 2. The minimum Gasteiger partial charge on any atom is -0.490 e. The van der Waals surface area contributed by atoms with Crippen LogP contribution in [0, 0.1) is 19.7 Å². The Morgan fingerprint density at radius 1 is 0.780 bits per heavy atom. The molecule has 0 unspecified atom stereocenters. The molecule has 0 fully saturated rings. The molecule has 2 aromatic carbocycles. The van der Waals surface area contributed by atoms with Gasteiger partial charge in [0.25, 0.3) is 0 Å². The van der Waals surface area contributed by atoms with E-state index in [0.29, 0.717) is 18.7 Å². The Labute approximate surface area is 247 Å². The van der Waals surface area contributed by atoms with Crippen molar-refractivity contribution in [3.63, 3.8) is 0 Å². The van der Waals surface area contributed by atoms with E-state index >= 15 is 0 Å². The van der Waals surface area contributed by atoms with Gasteiger partial charge in [-0.2, -0.15) is 0 Å². The number of hydrogen-bond acceptors (Lipinski definition) is 2. The topological polar surface area (TPSA) is 42.2 Å². The zero-order valence-electron chi connectivity index (χ0n) is 25.5. The van der Waals surface area contributed by atoms with Gasteiger partial charge in [-0.1, -0.05) is 108 Å². The molecule has 222 valence electrons. The summed E-state index contributed by atoms with van der Waals surface area (Å²) in [6, 6.07) is 14.7. The monoisotopic (exact) mass is 561 g/mol. The average Bonchev–Trinajstić information content (AvgIpc) is 2.95. The molecule has 41 heavy (non-hydrogen) atoms. The molecule has 1 N–H and O–H groups in total. The summed E-state index contributed by atoms with van der Waals surface area (Å²) >= 11 is 0. The van der Waals surface area contributed by atoms with Crippen molar-refractivity contribution >= 4 is 11.6 Å². The number of unbranched alkanes of at least 4 members (excludes halogenated alkanes) is 11. The molecule has 0 radical (unpaired) electrons. The molecule has 0 atom stereocenters. The van der Waals surface area contributed by atoms with Crippen molar-refractivity contribution in [3.05, 3.63) is 89.0 Å². The van der Waals surface area contributed by atoms with Gasteiger partial charge in [-0.05, 0) is 38.0 Å². The van der Waals surface area contributed by atoms with Gasteiger partial charge in [0.05, 0.1) is 18.7 Å². The molecule has 0 saturated heterocycles.